The largest absolute Gasteiger partial charge is 0.480 e. The van der Waals surface area contributed by atoms with Gasteiger partial charge in [0.05, 0.1) is 12.0 Å². The predicted molar refractivity (Wildman–Crippen MR) is 60.9 cm³/mol. The zero-order valence-electron chi connectivity index (χ0n) is 11.3. The van der Waals surface area contributed by atoms with Crippen molar-refractivity contribution < 1.29 is 32.6 Å². The normalized spacial score (nSPS) is 32.8. The van der Waals surface area contributed by atoms with E-state index in [1.54, 1.807) is 20.8 Å². The van der Waals surface area contributed by atoms with E-state index in [1.807, 2.05) is 0 Å². The van der Waals surface area contributed by atoms with E-state index in [0.717, 1.165) is 4.90 Å². The summed E-state index contributed by atoms with van der Waals surface area (Å²) < 4.78 is 43.2. The van der Waals surface area contributed by atoms with Crippen molar-refractivity contribution in [2.24, 2.45) is 11.8 Å². The van der Waals surface area contributed by atoms with Gasteiger partial charge in [-0.15, -0.1) is 0 Å². The van der Waals surface area contributed by atoms with Crippen LogP contribution in [0.3, 0.4) is 0 Å². The molecule has 1 saturated carbocycles. The molecule has 8 heteroatoms. The maximum atomic E-state index is 12.7. The molecule has 2 aliphatic rings. The number of carbonyl (C=O) groups excluding carboxylic acids is 1. The number of amides is 1. The molecule has 4 atom stereocenters. The highest BCUT2D eigenvalue weighted by molar-refractivity contribution is 5.82. The molecule has 0 aromatic rings. The molecular weight excluding hydrogens is 279 g/mol. The molecule has 5 nitrogen and oxygen atoms in total. The van der Waals surface area contributed by atoms with Crippen LogP contribution in [0.25, 0.3) is 0 Å². The number of hydrogen-bond donors (Lipinski definition) is 1. The molecule has 114 valence electrons. The average Bonchev–Trinajstić information content (AvgIpc) is 2.77. The molecule has 1 heterocycles. The molecule has 1 saturated heterocycles. The summed E-state index contributed by atoms with van der Waals surface area (Å²) in [6.07, 6.45) is -5.59. The van der Waals surface area contributed by atoms with Crippen molar-refractivity contribution in [3.63, 3.8) is 0 Å². The van der Waals surface area contributed by atoms with Crippen LogP contribution in [0.15, 0.2) is 0 Å². The topological polar surface area (TPSA) is 66.8 Å². The summed E-state index contributed by atoms with van der Waals surface area (Å²) in [4.78, 5) is 23.8. The molecule has 1 N–H and O–H groups in total. The number of piperidine rings is 1. The third kappa shape index (κ3) is 2.55. The van der Waals surface area contributed by atoms with Crippen LogP contribution in [0.1, 0.15) is 27.2 Å². The third-order valence-electron chi connectivity index (χ3n) is 3.55. The first-order chi connectivity index (χ1) is 8.93. The highest BCUT2D eigenvalue weighted by Crippen LogP contribution is 2.60. The number of aliphatic carboxylic acids is 1. The van der Waals surface area contributed by atoms with Crippen molar-refractivity contribution in [3.05, 3.63) is 0 Å². The Kier molecular flexibility index (Phi) is 3.18. The fraction of sp³-hybridized carbons (Fsp3) is 0.833. The standard InChI is InChI=1S/C12H16F3NO4/c1-11(2,3)20-10(19)16-6(9(17)18)4-5-7(8(5)16)12(13,14)15/h5-8H,4H2,1-3H3,(H,17,18)/t5-,6+,7+,8-/m1/s1. The second-order valence-corrected chi connectivity index (χ2v) is 6.20. The predicted octanol–water partition coefficient (Wildman–Crippen LogP) is 2.26. The minimum atomic E-state index is -4.42. The summed E-state index contributed by atoms with van der Waals surface area (Å²) in [7, 11) is 0. The van der Waals surface area contributed by atoms with Crippen molar-refractivity contribution in [2.75, 3.05) is 0 Å². The van der Waals surface area contributed by atoms with Gasteiger partial charge < -0.3 is 9.84 Å². The fourth-order valence-corrected chi connectivity index (χ4v) is 2.82. The van der Waals surface area contributed by atoms with Crippen LogP contribution in [0, 0.1) is 11.8 Å². The number of carbonyl (C=O) groups is 2. The maximum Gasteiger partial charge on any atom is 0.411 e. The van der Waals surface area contributed by atoms with Gasteiger partial charge in [-0.25, -0.2) is 9.59 Å². The van der Waals surface area contributed by atoms with E-state index in [4.69, 9.17) is 9.84 Å². The van der Waals surface area contributed by atoms with E-state index in [9.17, 15) is 22.8 Å². The molecule has 0 aromatic carbocycles. The van der Waals surface area contributed by atoms with Gasteiger partial charge in [-0.1, -0.05) is 0 Å². The molecule has 0 bridgehead atoms. The van der Waals surface area contributed by atoms with Crippen LogP contribution in [-0.2, 0) is 9.53 Å². The first kappa shape index (κ1) is 14.9. The second-order valence-electron chi connectivity index (χ2n) is 6.20. The Morgan fingerprint density at radius 3 is 2.20 bits per heavy atom. The summed E-state index contributed by atoms with van der Waals surface area (Å²) in [6.45, 7) is 4.72. The summed E-state index contributed by atoms with van der Waals surface area (Å²) >= 11 is 0. The van der Waals surface area contributed by atoms with Crippen molar-refractivity contribution in [1.29, 1.82) is 0 Å². The number of halogens is 3. The van der Waals surface area contributed by atoms with Gasteiger partial charge in [-0.05, 0) is 33.1 Å². The van der Waals surface area contributed by atoms with Crippen LogP contribution < -0.4 is 0 Å². The Labute approximate surface area is 113 Å². The van der Waals surface area contributed by atoms with E-state index in [2.05, 4.69) is 0 Å². The average molecular weight is 295 g/mol. The molecule has 2 fully saturated rings. The van der Waals surface area contributed by atoms with Gasteiger partial charge in [0.15, 0.2) is 0 Å². The SMILES string of the molecule is CC(C)(C)OC(=O)N1[C@@H]2[C@H](C[C@H]1C(=O)O)[C@@H]2C(F)(F)F. The number of hydrogen-bond acceptors (Lipinski definition) is 3. The summed E-state index contributed by atoms with van der Waals surface area (Å²) in [6, 6.07) is -2.34. The van der Waals surface area contributed by atoms with Gasteiger partial charge in [-0.2, -0.15) is 13.2 Å². The van der Waals surface area contributed by atoms with E-state index >= 15 is 0 Å². The Hall–Kier alpha value is -1.47. The molecule has 1 aliphatic heterocycles. The highest BCUT2D eigenvalue weighted by atomic mass is 19.4. The molecule has 0 radical (unpaired) electrons. The van der Waals surface area contributed by atoms with E-state index < -0.39 is 47.8 Å². The lowest BCUT2D eigenvalue weighted by atomic mass is 10.1. The molecular formula is C12H16F3NO4. The first-order valence-corrected chi connectivity index (χ1v) is 6.24. The summed E-state index contributed by atoms with van der Waals surface area (Å²) in [5.74, 6) is -3.77. The molecule has 0 aromatic heterocycles. The van der Waals surface area contributed by atoms with E-state index in [-0.39, 0.29) is 6.42 Å². The van der Waals surface area contributed by atoms with Crippen LogP contribution in [0.4, 0.5) is 18.0 Å². The van der Waals surface area contributed by atoms with Crippen molar-refractivity contribution in [2.45, 2.75) is 51.1 Å². The fourth-order valence-electron chi connectivity index (χ4n) is 2.82. The van der Waals surface area contributed by atoms with E-state index in [0.29, 0.717) is 0 Å². The number of alkyl halides is 3. The van der Waals surface area contributed by atoms with Gasteiger partial charge in [0.25, 0.3) is 0 Å². The molecule has 0 spiro atoms. The lowest BCUT2D eigenvalue weighted by Gasteiger charge is -2.29. The monoisotopic (exact) mass is 295 g/mol. The lowest BCUT2D eigenvalue weighted by molar-refractivity contribution is -0.162. The van der Waals surface area contributed by atoms with Crippen molar-refractivity contribution in [1.82, 2.24) is 4.90 Å². The zero-order chi connectivity index (χ0) is 15.5. The lowest BCUT2D eigenvalue weighted by Crippen LogP contribution is -2.47. The zero-order valence-corrected chi connectivity index (χ0v) is 11.3. The van der Waals surface area contributed by atoms with Crippen LogP contribution >= 0.6 is 0 Å². The number of nitrogens with zero attached hydrogens (tertiary/aromatic N) is 1. The molecule has 1 amide bonds. The first-order valence-electron chi connectivity index (χ1n) is 6.24. The van der Waals surface area contributed by atoms with Crippen molar-refractivity contribution >= 4 is 12.1 Å². The van der Waals surface area contributed by atoms with Crippen molar-refractivity contribution in [3.8, 4) is 0 Å². The number of likely N-dealkylation sites (tertiary alicyclic amines) is 1. The quantitative estimate of drug-likeness (QED) is 0.805. The number of carboxylic acids is 1. The van der Waals surface area contributed by atoms with Crippen LogP contribution in [-0.4, -0.2) is 45.9 Å². The third-order valence-corrected chi connectivity index (χ3v) is 3.55. The van der Waals surface area contributed by atoms with Gasteiger partial charge in [0.2, 0.25) is 0 Å². The second kappa shape index (κ2) is 4.26. The molecule has 20 heavy (non-hydrogen) atoms. The van der Waals surface area contributed by atoms with Gasteiger partial charge in [0.1, 0.15) is 11.6 Å². The van der Waals surface area contributed by atoms with Gasteiger partial charge >= 0.3 is 18.2 Å². The number of fused-ring (bicyclic) bond motifs is 1. The Morgan fingerprint density at radius 1 is 1.25 bits per heavy atom. The highest BCUT2D eigenvalue weighted by Gasteiger charge is 2.73. The summed E-state index contributed by atoms with van der Waals surface area (Å²) in [5, 5.41) is 9.03. The molecule has 2 rings (SSSR count). The number of rotatable bonds is 1. The Morgan fingerprint density at radius 2 is 1.80 bits per heavy atom. The minimum Gasteiger partial charge on any atom is -0.480 e. The maximum absolute atomic E-state index is 12.7. The molecule has 0 unspecified atom stereocenters. The number of ether oxygens (including phenoxy) is 1. The van der Waals surface area contributed by atoms with Gasteiger partial charge in [-0.3, -0.25) is 4.90 Å². The Bertz CT molecular complexity index is 443. The Balaban J connectivity index is 2.18. The van der Waals surface area contributed by atoms with Crippen LogP contribution in [0.5, 0.6) is 0 Å². The smallest absolute Gasteiger partial charge is 0.411 e. The van der Waals surface area contributed by atoms with Gasteiger partial charge in [0, 0.05) is 0 Å². The van der Waals surface area contributed by atoms with Crippen LogP contribution in [0.2, 0.25) is 0 Å². The minimum absolute atomic E-state index is 0.177. The summed E-state index contributed by atoms with van der Waals surface area (Å²) in [5.41, 5.74) is -0.888. The number of carboxylic acid groups (broad SMARTS) is 1. The molecule has 1 aliphatic carbocycles. The van der Waals surface area contributed by atoms with E-state index in [1.165, 1.54) is 0 Å².